The molecule has 4 atom stereocenters. The second-order valence-electron chi connectivity index (χ2n) is 4.58. The van der Waals surface area contributed by atoms with E-state index in [-0.39, 0.29) is 5.75 Å². The molecule has 11 heteroatoms. The van der Waals surface area contributed by atoms with Crippen LogP contribution in [-0.4, -0.2) is 63.9 Å². The molecule has 0 aliphatic rings. The zero-order valence-corrected chi connectivity index (χ0v) is 12.7. The highest BCUT2D eigenvalue weighted by molar-refractivity contribution is 7.80. The number of nitrogens with one attached hydrogen (secondary N) is 2. The molecular formula is C11H20N4O6S. The fraction of sp³-hybridized carbons (Fsp3) is 0.636. The Bertz CT molecular complexity index is 444. The van der Waals surface area contributed by atoms with Crippen LogP contribution in [0.3, 0.4) is 0 Å². The fourth-order valence-corrected chi connectivity index (χ4v) is 1.60. The SMILES string of the molecule is C[C@@H](O)[C@H](N)C(=O)N[C@@H](CC(N)=O)C(=O)N[C@@H](CS)C(=O)O. The predicted molar refractivity (Wildman–Crippen MR) is 78.8 cm³/mol. The van der Waals surface area contributed by atoms with E-state index in [1.807, 2.05) is 0 Å². The van der Waals surface area contributed by atoms with Gasteiger partial charge in [0.15, 0.2) is 0 Å². The Labute approximate surface area is 132 Å². The molecule has 0 aromatic heterocycles. The molecule has 0 aliphatic carbocycles. The maximum absolute atomic E-state index is 11.9. The summed E-state index contributed by atoms with van der Waals surface area (Å²) in [5, 5.41) is 22.3. The number of nitrogens with two attached hydrogens (primary N) is 2. The Morgan fingerprint density at radius 1 is 1.14 bits per heavy atom. The quantitative estimate of drug-likeness (QED) is 0.213. The zero-order valence-electron chi connectivity index (χ0n) is 11.9. The van der Waals surface area contributed by atoms with Crippen molar-refractivity contribution in [3.05, 3.63) is 0 Å². The molecule has 22 heavy (non-hydrogen) atoms. The van der Waals surface area contributed by atoms with Crippen LogP contribution < -0.4 is 22.1 Å². The van der Waals surface area contributed by atoms with Crippen LogP contribution >= 0.6 is 12.6 Å². The molecule has 0 spiro atoms. The van der Waals surface area contributed by atoms with E-state index in [0.717, 1.165) is 0 Å². The van der Waals surface area contributed by atoms with Gasteiger partial charge in [-0.1, -0.05) is 0 Å². The van der Waals surface area contributed by atoms with E-state index in [1.165, 1.54) is 6.92 Å². The van der Waals surface area contributed by atoms with Gasteiger partial charge in [-0.3, -0.25) is 14.4 Å². The summed E-state index contributed by atoms with van der Waals surface area (Å²) in [6.45, 7) is 1.27. The van der Waals surface area contributed by atoms with Gasteiger partial charge < -0.3 is 32.3 Å². The van der Waals surface area contributed by atoms with Crippen molar-refractivity contribution in [2.75, 3.05) is 5.75 Å². The number of carbonyl (C=O) groups is 4. The number of carbonyl (C=O) groups excluding carboxylic acids is 3. The largest absolute Gasteiger partial charge is 0.480 e. The van der Waals surface area contributed by atoms with Crippen LogP contribution in [-0.2, 0) is 19.2 Å². The van der Waals surface area contributed by atoms with Crippen molar-refractivity contribution >= 4 is 36.3 Å². The third kappa shape index (κ3) is 6.74. The second-order valence-corrected chi connectivity index (χ2v) is 4.95. The van der Waals surface area contributed by atoms with Crippen molar-refractivity contribution in [1.29, 1.82) is 0 Å². The van der Waals surface area contributed by atoms with Gasteiger partial charge in [-0.05, 0) is 6.92 Å². The number of amides is 3. The second kappa shape index (κ2) is 9.23. The first-order valence-electron chi connectivity index (χ1n) is 6.26. The number of hydrogen-bond donors (Lipinski definition) is 7. The summed E-state index contributed by atoms with van der Waals surface area (Å²) in [6, 6.07) is -4.02. The van der Waals surface area contributed by atoms with Crippen molar-refractivity contribution in [3.8, 4) is 0 Å². The standard InChI is InChI=1S/C11H20N4O6S/c1-4(16)8(13)10(19)14-5(2-7(12)17)9(18)15-6(3-22)11(20)21/h4-6,8,16,22H,2-3,13H2,1H3,(H2,12,17)(H,14,19)(H,15,18)(H,20,21)/t4-,5+,6+,8+/m1/s1. The van der Waals surface area contributed by atoms with Gasteiger partial charge in [0.25, 0.3) is 0 Å². The molecule has 126 valence electrons. The molecule has 0 aliphatic heterocycles. The summed E-state index contributed by atoms with van der Waals surface area (Å²) in [6.07, 6.45) is -1.73. The third-order valence-electron chi connectivity index (χ3n) is 2.66. The molecule has 0 aromatic rings. The van der Waals surface area contributed by atoms with Gasteiger partial charge in [0.2, 0.25) is 17.7 Å². The summed E-state index contributed by atoms with van der Waals surface area (Å²) in [5.41, 5.74) is 10.4. The van der Waals surface area contributed by atoms with Gasteiger partial charge in [-0.25, -0.2) is 4.79 Å². The lowest BCUT2D eigenvalue weighted by Gasteiger charge is -2.22. The normalized spacial score (nSPS) is 16.0. The molecule has 8 N–H and O–H groups in total. The first-order chi connectivity index (χ1) is 10.1. The van der Waals surface area contributed by atoms with E-state index in [1.54, 1.807) is 0 Å². The third-order valence-corrected chi connectivity index (χ3v) is 3.02. The topological polar surface area (TPSA) is 185 Å². The molecule has 0 saturated heterocycles. The van der Waals surface area contributed by atoms with Gasteiger partial charge in [0, 0.05) is 5.75 Å². The lowest BCUT2D eigenvalue weighted by atomic mass is 10.1. The van der Waals surface area contributed by atoms with Crippen LogP contribution in [0, 0.1) is 0 Å². The molecule has 0 heterocycles. The molecule has 0 saturated carbocycles. The zero-order chi connectivity index (χ0) is 17.4. The summed E-state index contributed by atoms with van der Waals surface area (Å²) in [5.74, 6) is -4.21. The molecule has 0 radical (unpaired) electrons. The predicted octanol–water partition coefficient (Wildman–Crippen LogP) is -3.45. The van der Waals surface area contributed by atoms with Crippen LogP contribution in [0.2, 0.25) is 0 Å². The monoisotopic (exact) mass is 336 g/mol. The molecule has 0 bridgehead atoms. The van der Waals surface area contributed by atoms with E-state index >= 15 is 0 Å². The van der Waals surface area contributed by atoms with Gasteiger partial charge in [0.05, 0.1) is 12.5 Å². The lowest BCUT2D eigenvalue weighted by molar-refractivity contribution is -0.141. The minimum Gasteiger partial charge on any atom is -0.480 e. The van der Waals surface area contributed by atoms with Crippen molar-refractivity contribution in [2.24, 2.45) is 11.5 Å². The van der Waals surface area contributed by atoms with Crippen molar-refractivity contribution in [3.63, 3.8) is 0 Å². The van der Waals surface area contributed by atoms with Gasteiger partial charge in [0.1, 0.15) is 18.1 Å². The Kier molecular flexibility index (Phi) is 8.45. The van der Waals surface area contributed by atoms with E-state index in [4.69, 9.17) is 16.6 Å². The van der Waals surface area contributed by atoms with Gasteiger partial charge >= 0.3 is 5.97 Å². The van der Waals surface area contributed by atoms with Crippen molar-refractivity contribution in [1.82, 2.24) is 10.6 Å². The number of thiol groups is 1. The van der Waals surface area contributed by atoms with E-state index in [9.17, 15) is 24.3 Å². The maximum atomic E-state index is 11.9. The number of aliphatic carboxylic acids is 1. The van der Waals surface area contributed by atoms with Crippen LogP contribution in [0.4, 0.5) is 0 Å². The van der Waals surface area contributed by atoms with Crippen LogP contribution in [0.25, 0.3) is 0 Å². The highest BCUT2D eigenvalue weighted by atomic mass is 32.1. The van der Waals surface area contributed by atoms with Crippen LogP contribution in [0.1, 0.15) is 13.3 Å². The summed E-state index contributed by atoms with van der Waals surface area (Å²) < 4.78 is 0. The van der Waals surface area contributed by atoms with Crippen molar-refractivity contribution < 1.29 is 29.4 Å². The summed E-state index contributed by atoms with van der Waals surface area (Å²) >= 11 is 3.77. The van der Waals surface area contributed by atoms with Gasteiger partial charge in [-0.15, -0.1) is 0 Å². The number of hydrogen-bond acceptors (Lipinski definition) is 7. The van der Waals surface area contributed by atoms with Crippen molar-refractivity contribution in [2.45, 2.75) is 37.6 Å². The Morgan fingerprint density at radius 2 is 1.64 bits per heavy atom. The number of rotatable bonds is 9. The first-order valence-corrected chi connectivity index (χ1v) is 6.89. The number of carboxylic acids is 1. The average molecular weight is 336 g/mol. The molecule has 0 aromatic carbocycles. The fourth-order valence-electron chi connectivity index (χ4n) is 1.36. The van der Waals surface area contributed by atoms with Crippen LogP contribution in [0.5, 0.6) is 0 Å². The highest BCUT2D eigenvalue weighted by Gasteiger charge is 2.29. The van der Waals surface area contributed by atoms with E-state index in [2.05, 4.69) is 23.3 Å². The molecule has 0 fully saturated rings. The number of aliphatic hydroxyl groups is 1. The molecule has 0 rings (SSSR count). The summed E-state index contributed by atoms with van der Waals surface area (Å²) in [7, 11) is 0. The minimum atomic E-state index is -1.41. The Balaban J connectivity index is 4.97. The lowest BCUT2D eigenvalue weighted by Crippen LogP contribution is -2.57. The van der Waals surface area contributed by atoms with Crippen LogP contribution in [0.15, 0.2) is 0 Å². The Hall–Kier alpha value is -1.85. The molecule has 0 unspecified atom stereocenters. The molecule has 10 nitrogen and oxygen atoms in total. The highest BCUT2D eigenvalue weighted by Crippen LogP contribution is 1.98. The maximum Gasteiger partial charge on any atom is 0.327 e. The van der Waals surface area contributed by atoms with E-state index in [0.29, 0.717) is 0 Å². The molecular weight excluding hydrogens is 316 g/mol. The number of aliphatic hydroxyl groups excluding tert-OH is 1. The molecule has 3 amide bonds. The smallest absolute Gasteiger partial charge is 0.327 e. The Morgan fingerprint density at radius 3 is 2.00 bits per heavy atom. The average Bonchev–Trinajstić information content (AvgIpc) is 2.41. The van der Waals surface area contributed by atoms with Gasteiger partial charge in [-0.2, -0.15) is 12.6 Å². The minimum absolute atomic E-state index is 0.189. The van der Waals surface area contributed by atoms with E-state index < -0.39 is 54.3 Å². The summed E-state index contributed by atoms with van der Waals surface area (Å²) in [4.78, 5) is 45.5. The number of primary amides is 1. The first kappa shape index (κ1) is 20.1. The number of carboxylic acid groups (broad SMARTS) is 1.